The number of carbonyl (C=O) groups excluding carboxylic acids is 1. The maximum absolute atomic E-state index is 12.5. The lowest BCUT2D eigenvalue weighted by Gasteiger charge is -2.34. The van der Waals surface area contributed by atoms with Gasteiger partial charge in [-0.25, -0.2) is 13.1 Å². The molecule has 1 fully saturated rings. The van der Waals surface area contributed by atoms with E-state index in [-0.39, 0.29) is 23.8 Å². The number of amides is 1. The van der Waals surface area contributed by atoms with Crippen molar-refractivity contribution in [2.75, 3.05) is 32.7 Å². The van der Waals surface area contributed by atoms with Gasteiger partial charge in [0.2, 0.25) is 15.9 Å². The molecule has 0 spiro atoms. The third kappa shape index (κ3) is 6.04. The second-order valence-electron chi connectivity index (χ2n) is 7.70. The summed E-state index contributed by atoms with van der Waals surface area (Å²) in [4.78, 5) is 16.9. The van der Waals surface area contributed by atoms with Crippen LogP contribution in [0.3, 0.4) is 0 Å². The zero-order valence-corrected chi connectivity index (χ0v) is 19.0. The van der Waals surface area contributed by atoms with Gasteiger partial charge in [0.15, 0.2) is 0 Å². The lowest BCUT2D eigenvalue weighted by atomic mass is 10.2. The van der Waals surface area contributed by atoms with Crippen LogP contribution in [0, 0.1) is 13.8 Å². The number of hydrogen-bond donors (Lipinski definition) is 1. The van der Waals surface area contributed by atoms with Crippen molar-refractivity contribution in [2.45, 2.75) is 31.7 Å². The molecular weight excluding hydrogens is 422 g/mol. The maximum atomic E-state index is 12.5. The largest absolute Gasteiger partial charge is 0.340 e. The number of sulfonamides is 1. The van der Waals surface area contributed by atoms with E-state index in [2.05, 4.69) is 9.62 Å². The Balaban J connectivity index is 1.44. The lowest BCUT2D eigenvalue weighted by Crippen LogP contribution is -2.48. The number of nitrogens with one attached hydrogen (secondary N) is 1. The molecule has 0 atom stereocenters. The highest BCUT2D eigenvalue weighted by Gasteiger charge is 2.22. The molecule has 2 aromatic carbocycles. The van der Waals surface area contributed by atoms with Crippen molar-refractivity contribution in [2.24, 2.45) is 0 Å². The fourth-order valence-corrected chi connectivity index (χ4v) is 5.01. The van der Waals surface area contributed by atoms with E-state index in [1.807, 2.05) is 42.2 Å². The highest BCUT2D eigenvalue weighted by molar-refractivity contribution is 7.89. The van der Waals surface area contributed by atoms with Gasteiger partial charge in [-0.15, -0.1) is 0 Å². The Morgan fingerprint density at radius 3 is 2.37 bits per heavy atom. The van der Waals surface area contributed by atoms with Crippen molar-refractivity contribution in [1.82, 2.24) is 14.5 Å². The molecule has 8 heteroatoms. The number of halogens is 1. The zero-order chi connectivity index (χ0) is 21.7. The smallest absolute Gasteiger partial charge is 0.240 e. The Morgan fingerprint density at radius 2 is 1.70 bits per heavy atom. The van der Waals surface area contributed by atoms with Crippen LogP contribution in [0.5, 0.6) is 0 Å². The summed E-state index contributed by atoms with van der Waals surface area (Å²) in [7, 11) is -3.62. The molecule has 1 aliphatic heterocycles. The number of hydrogen-bond acceptors (Lipinski definition) is 4. The van der Waals surface area contributed by atoms with Crippen molar-refractivity contribution in [3.63, 3.8) is 0 Å². The number of rotatable bonds is 7. The monoisotopic (exact) mass is 449 g/mol. The van der Waals surface area contributed by atoms with Crippen molar-refractivity contribution in [3.8, 4) is 0 Å². The van der Waals surface area contributed by atoms with Crippen LogP contribution in [-0.2, 0) is 21.4 Å². The van der Waals surface area contributed by atoms with E-state index in [1.165, 1.54) is 5.56 Å². The average Bonchev–Trinajstić information content (AvgIpc) is 2.72. The van der Waals surface area contributed by atoms with E-state index in [0.29, 0.717) is 18.7 Å². The van der Waals surface area contributed by atoms with E-state index >= 15 is 0 Å². The lowest BCUT2D eigenvalue weighted by molar-refractivity contribution is -0.132. The Kier molecular flexibility index (Phi) is 7.52. The predicted molar refractivity (Wildman–Crippen MR) is 119 cm³/mol. The summed E-state index contributed by atoms with van der Waals surface area (Å²) in [5.74, 6) is -0.0233. The second kappa shape index (κ2) is 9.92. The van der Waals surface area contributed by atoms with Gasteiger partial charge in [-0.1, -0.05) is 35.9 Å². The van der Waals surface area contributed by atoms with Crippen molar-refractivity contribution in [1.29, 1.82) is 0 Å². The summed E-state index contributed by atoms with van der Waals surface area (Å²) in [5.41, 5.74) is 2.77. The van der Waals surface area contributed by atoms with Gasteiger partial charge >= 0.3 is 0 Å². The van der Waals surface area contributed by atoms with Gasteiger partial charge in [0.1, 0.15) is 0 Å². The maximum Gasteiger partial charge on any atom is 0.240 e. The Bertz CT molecular complexity index is 985. The molecule has 0 bridgehead atoms. The van der Waals surface area contributed by atoms with Gasteiger partial charge < -0.3 is 4.90 Å². The number of carbonyl (C=O) groups is 1. The van der Waals surface area contributed by atoms with Gasteiger partial charge in [0, 0.05) is 50.7 Å². The first-order valence-corrected chi connectivity index (χ1v) is 11.9. The molecule has 2 aromatic rings. The van der Waals surface area contributed by atoms with Crippen LogP contribution in [0.15, 0.2) is 47.4 Å². The predicted octanol–water partition coefficient (Wildman–Crippen LogP) is 2.97. The van der Waals surface area contributed by atoms with E-state index < -0.39 is 10.0 Å². The normalized spacial score (nSPS) is 15.4. The number of nitrogens with zero attached hydrogens (tertiary/aromatic N) is 2. The van der Waals surface area contributed by atoms with Gasteiger partial charge in [0.25, 0.3) is 0 Å². The summed E-state index contributed by atoms with van der Waals surface area (Å²) in [6.07, 6.45) is 0.154. The van der Waals surface area contributed by atoms with E-state index in [0.717, 1.165) is 30.2 Å². The molecule has 3 rings (SSSR count). The van der Waals surface area contributed by atoms with Gasteiger partial charge in [0.05, 0.1) is 4.90 Å². The first kappa shape index (κ1) is 22.7. The molecule has 0 aromatic heterocycles. The molecule has 1 amide bonds. The molecule has 1 heterocycles. The third-order valence-electron chi connectivity index (χ3n) is 5.31. The minimum atomic E-state index is -3.62. The van der Waals surface area contributed by atoms with Crippen LogP contribution in [0.4, 0.5) is 0 Å². The van der Waals surface area contributed by atoms with Crippen LogP contribution in [0.2, 0.25) is 5.02 Å². The molecule has 6 nitrogen and oxygen atoms in total. The Morgan fingerprint density at radius 1 is 1.03 bits per heavy atom. The Labute approximate surface area is 183 Å². The van der Waals surface area contributed by atoms with Crippen LogP contribution < -0.4 is 4.72 Å². The quantitative estimate of drug-likeness (QED) is 0.705. The van der Waals surface area contributed by atoms with Crippen LogP contribution >= 0.6 is 11.6 Å². The molecule has 0 radical (unpaired) electrons. The molecule has 0 aliphatic carbocycles. The van der Waals surface area contributed by atoms with E-state index in [9.17, 15) is 13.2 Å². The number of aryl methyl sites for hydroxylation is 2. The molecule has 1 aliphatic rings. The topological polar surface area (TPSA) is 69.7 Å². The molecule has 0 unspecified atom stereocenters. The SMILES string of the molecule is Cc1ccc(C)c(S(=O)(=O)NCCC(=O)N2CCN(Cc3ccc(Cl)cc3)CC2)c1. The number of piperazine rings is 1. The summed E-state index contributed by atoms with van der Waals surface area (Å²) < 4.78 is 27.7. The summed E-state index contributed by atoms with van der Waals surface area (Å²) >= 11 is 5.93. The van der Waals surface area contributed by atoms with E-state index in [4.69, 9.17) is 11.6 Å². The molecular formula is C22H28ClN3O3S. The van der Waals surface area contributed by atoms with Gasteiger partial charge in [-0.05, 0) is 48.7 Å². The third-order valence-corrected chi connectivity index (χ3v) is 7.16. The zero-order valence-electron chi connectivity index (χ0n) is 17.4. The van der Waals surface area contributed by atoms with Gasteiger partial charge in [-0.3, -0.25) is 9.69 Å². The van der Waals surface area contributed by atoms with Crippen molar-refractivity contribution >= 4 is 27.5 Å². The van der Waals surface area contributed by atoms with Crippen LogP contribution in [-0.4, -0.2) is 56.8 Å². The van der Waals surface area contributed by atoms with E-state index in [1.54, 1.807) is 19.1 Å². The minimum absolute atomic E-state index is 0.0233. The molecule has 162 valence electrons. The van der Waals surface area contributed by atoms with Crippen LogP contribution in [0.25, 0.3) is 0 Å². The molecule has 1 N–H and O–H groups in total. The Hall–Kier alpha value is -1.93. The van der Waals surface area contributed by atoms with Crippen molar-refractivity contribution < 1.29 is 13.2 Å². The fraction of sp³-hybridized carbons (Fsp3) is 0.409. The summed E-state index contributed by atoms with van der Waals surface area (Å²) in [5, 5.41) is 0.724. The minimum Gasteiger partial charge on any atom is -0.340 e. The fourth-order valence-electron chi connectivity index (χ4n) is 3.53. The highest BCUT2D eigenvalue weighted by Crippen LogP contribution is 2.17. The summed E-state index contributed by atoms with van der Waals surface area (Å²) in [6, 6.07) is 13.1. The second-order valence-corrected chi connectivity index (χ2v) is 9.87. The molecule has 30 heavy (non-hydrogen) atoms. The van der Waals surface area contributed by atoms with Crippen molar-refractivity contribution in [3.05, 3.63) is 64.2 Å². The number of benzene rings is 2. The summed E-state index contributed by atoms with van der Waals surface area (Å²) in [6.45, 7) is 7.43. The standard InChI is InChI=1S/C22H28ClN3O3S/c1-17-3-4-18(2)21(15-17)30(28,29)24-10-9-22(27)26-13-11-25(12-14-26)16-19-5-7-20(23)8-6-19/h3-8,15,24H,9-14,16H2,1-2H3. The average molecular weight is 450 g/mol. The highest BCUT2D eigenvalue weighted by atomic mass is 35.5. The van der Waals surface area contributed by atoms with Crippen LogP contribution in [0.1, 0.15) is 23.1 Å². The van der Waals surface area contributed by atoms with Gasteiger partial charge in [-0.2, -0.15) is 0 Å². The first-order chi connectivity index (χ1) is 14.2. The molecule has 0 saturated carbocycles. The first-order valence-electron chi connectivity index (χ1n) is 10.1. The molecule has 1 saturated heterocycles.